The maximum Gasteiger partial charge on any atom is 0.331 e. The van der Waals surface area contributed by atoms with E-state index in [1.807, 2.05) is 0 Å². The lowest BCUT2D eigenvalue weighted by Crippen LogP contribution is -2.12. The van der Waals surface area contributed by atoms with E-state index in [2.05, 4.69) is 0 Å². The Kier molecular flexibility index (Phi) is 6.79. The van der Waals surface area contributed by atoms with E-state index in [-0.39, 0.29) is 12.4 Å². The molecule has 0 fully saturated rings. The lowest BCUT2D eigenvalue weighted by atomic mass is 10.1. The molecule has 0 unspecified atom stereocenters. The summed E-state index contributed by atoms with van der Waals surface area (Å²) in [6.45, 7) is -0.338. The van der Waals surface area contributed by atoms with Crippen molar-refractivity contribution in [3.05, 3.63) is 59.7 Å². The van der Waals surface area contributed by atoms with E-state index in [4.69, 9.17) is 18.9 Å². The van der Waals surface area contributed by atoms with Gasteiger partial charge in [0.25, 0.3) is 0 Å². The van der Waals surface area contributed by atoms with Gasteiger partial charge in [-0.1, -0.05) is 0 Å². The SMILES string of the molecule is COc1ccc(C(=O)COC(=O)/C=C/c2ccc(OC)cc2OC)cc1. The topological polar surface area (TPSA) is 71.1 Å². The first-order valence-corrected chi connectivity index (χ1v) is 7.81. The van der Waals surface area contributed by atoms with Gasteiger partial charge < -0.3 is 18.9 Å². The van der Waals surface area contributed by atoms with Gasteiger partial charge in [0, 0.05) is 23.3 Å². The Hall–Kier alpha value is -3.28. The summed E-state index contributed by atoms with van der Waals surface area (Å²) in [6.07, 6.45) is 2.80. The third kappa shape index (κ3) is 5.11. The van der Waals surface area contributed by atoms with Crippen LogP contribution in [0.15, 0.2) is 48.5 Å². The molecule has 136 valence electrons. The van der Waals surface area contributed by atoms with Gasteiger partial charge in [0.1, 0.15) is 17.2 Å². The quantitative estimate of drug-likeness (QED) is 0.411. The molecule has 0 atom stereocenters. The molecular formula is C20H20O6. The van der Waals surface area contributed by atoms with Crippen LogP contribution in [0.4, 0.5) is 0 Å². The Balaban J connectivity index is 1.93. The molecule has 0 saturated heterocycles. The largest absolute Gasteiger partial charge is 0.497 e. The van der Waals surface area contributed by atoms with Gasteiger partial charge in [0.2, 0.25) is 0 Å². The van der Waals surface area contributed by atoms with E-state index < -0.39 is 5.97 Å². The Morgan fingerprint density at radius 1 is 0.885 bits per heavy atom. The van der Waals surface area contributed by atoms with Gasteiger partial charge in [-0.25, -0.2) is 4.79 Å². The molecule has 2 rings (SSSR count). The molecular weight excluding hydrogens is 336 g/mol. The number of benzene rings is 2. The number of methoxy groups -OCH3 is 3. The maximum absolute atomic E-state index is 12.0. The van der Waals surface area contributed by atoms with Crippen molar-refractivity contribution in [2.24, 2.45) is 0 Å². The van der Waals surface area contributed by atoms with Gasteiger partial charge in [-0.15, -0.1) is 0 Å². The number of ketones is 1. The summed E-state index contributed by atoms with van der Waals surface area (Å²) in [6, 6.07) is 11.8. The predicted molar refractivity (Wildman–Crippen MR) is 96.9 cm³/mol. The van der Waals surface area contributed by atoms with Crippen LogP contribution >= 0.6 is 0 Å². The molecule has 0 saturated carbocycles. The van der Waals surface area contributed by atoms with Crippen LogP contribution in [0.1, 0.15) is 15.9 Å². The highest BCUT2D eigenvalue weighted by molar-refractivity contribution is 5.99. The monoisotopic (exact) mass is 356 g/mol. The first-order chi connectivity index (χ1) is 12.6. The summed E-state index contributed by atoms with van der Waals surface area (Å²) in [5, 5.41) is 0. The van der Waals surface area contributed by atoms with Gasteiger partial charge >= 0.3 is 5.97 Å². The average Bonchev–Trinajstić information content (AvgIpc) is 2.70. The van der Waals surface area contributed by atoms with Crippen molar-refractivity contribution < 1.29 is 28.5 Å². The predicted octanol–water partition coefficient (Wildman–Crippen LogP) is 3.15. The van der Waals surface area contributed by atoms with Gasteiger partial charge in [-0.3, -0.25) is 4.79 Å². The van der Waals surface area contributed by atoms with Crippen molar-refractivity contribution in [1.29, 1.82) is 0 Å². The second kappa shape index (κ2) is 9.27. The highest BCUT2D eigenvalue weighted by atomic mass is 16.5. The normalized spacial score (nSPS) is 10.4. The van der Waals surface area contributed by atoms with E-state index in [1.54, 1.807) is 62.8 Å². The van der Waals surface area contributed by atoms with E-state index in [0.717, 1.165) is 0 Å². The van der Waals surface area contributed by atoms with Gasteiger partial charge in [-0.05, 0) is 42.5 Å². The number of ether oxygens (including phenoxy) is 4. The summed E-state index contributed by atoms with van der Waals surface area (Å²) >= 11 is 0. The lowest BCUT2D eigenvalue weighted by molar-refractivity contribution is -0.136. The number of hydrogen-bond acceptors (Lipinski definition) is 6. The Bertz CT molecular complexity index is 792. The number of carbonyl (C=O) groups excluding carboxylic acids is 2. The average molecular weight is 356 g/mol. The number of esters is 1. The molecule has 0 radical (unpaired) electrons. The summed E-state index contributed by atoms with van der Waals surface area (Å²) in [7, 11) is 4.63. The molecule has 2 aromatic rings. The van der Waals surface area contributed by atoms with Crippen LogP contribution in [0.3, 0.4) is 0 Å². The maximum atomic E-state index is 12.0. The molecule has 0 bridgehead atoms. The first-order valence-electron chi connectivity index (χ1n) is 7.81. The van der Waals surface area contributed by atoms with Crippen LogP contribution in [-0.4, -0.2) is 39.7 Å². The second-order valence-electron chi connectivity index (χ2n) is 5.20. The van der Waals surface area contributed by atoms with Gasteiger partial charge in [0.15, 0.2) is 12.4 Å². The fourth-order valence-corrected chi connectivity index (χ4v) is 2.16. The highest BCUT2D eigenvalue weighted by Crippen LogP contribution is 2.25. The Labute approximate surface area is 151 Å². The molecule has 6 nitrogen and oxygen atoms in total. The summed E-state index contributed by atoms with van der Waals surface area (Å²) in [5.41, 5.74) is 1.13. The second-order valence-corrected chi connectivity index (χ2v) is 5.20. The van der Waals surface area contributed by atoms with Crippen molar-refractivity contribution in [2.75, 3.05) is 27.9 Å². The third-order valence-electron chi connectivity index (χ3n) is 3.60. The molecule has 0 N–H and O–H groups in total. The molecule has 2 aromatic carbocycles. The minimum atomic E-state index is -0.621. The molecule has 0 aliphatic heterocycles. The van der Waals surface area contributed by atoms with E-state index in [0.29, 0.717) is 28.4 Å². The highest BCUT2D eigenvalue weighted by Gasteiger charge is 2.09. The van der Waals surface area contributed by atoms with Crippen molar-refractivity contribution in [1.82, 2.24) is 0 Å². The Morgan fingerprint density at radius 3 is 2.15 bits per heavy atom. The first kappa shape index (κ1) is 19.1. The summed E-state index contributed by atoms with van der Waals surface area (Å²) in [4.78, 5) is 23.8. The van der Waals surface area contributed by atoms with Gasteiger partial charge in [-0.2, -0.15) is 0 Å². The van der Waals surface area contributed by atoms with E-state index in [9.17, 15) is 9.59 Å². The molecule has 0 aliphatic rings. The lowest BCUT2D eigenvalue weighted by Gasteiger charge is -2.07. The van der Waals surface area contributed by atoms with E-state index in [1.165, 1.54) is 13.2 Å². The Morgan fingerprint density at radius 2 is 1.54 bits per heavy atom. The zero-order valence-corrected chi connectivity index (χ0v) is 14.9. The molecule has 6 heteroatoms. The van der Waals surface area contributed by atoms with Gasteiger partial charge in [0.05, 0.1) is 21.3 Å². The van der Waals surface area contributed by atoms with Crippen LogP contribution < -0.4 is 14.2 Å². The number of Topliss-reactive ketones (excluding diaryl/α,β-unsaturated/α-hetero) is 1. The van der Waals surface area contributed by atoms with E-state index >= 15 is 0 Å². The molecule has 0 aliphatic carbocycles. The minimum Gasteiger partial charge on any atom is -0.497 e. The molecule has 0 amide bonds. The third-order valence-corrected chi connectivity index (χ3v) is 3.60. The molecule has 0 heterocycles. The van der Waals surface area contributed by atoms with Crippen LogP contribution in [0.5, 0.6) is 17.2 Å². The molecule has 0 aromatic heterocycles. The number of rotatable bonds is 8. The standard InChI is InChI=1S/C20H20O6/c1-23-16-8-4-14(5-9-16)18(21)13-26-20(22)11-7-15-6-10-17(24-2)12-19(15)25-3/h4-12H,13H2,1-3H3/b11-7+. The van der Waals surface area contributed by atoms with Crippen molar-refractivity contribution in [3.8, 4) is 17.2 Å². The fraction of sp³-hybridized carbons (Fsp3) is 0.200. The van der Waals surface area contributed by atoms with Crippen molar-refractivity contribution >= 4 is 17.8 Å². The molecule has 0 spiro atoms. The number of hydrogen-bond donors (Lipinski definition) is 0. The molecule has 26 heavy (non-hydrogen) atoms. The summed E-state index contributed by atoms with van der Waals surface area (Å²) in [5.74, 6) is 0.936. The van der Waals surface area contributed by atoms with Crippen molar-refractivity contribution in [2.45, 2.75) is 0 Å². The van der Waals surface area contributed by atoms with Crippen LogP contribution in [0.25, 0.3) is 6.08 Å². The van der Waals surface area contributed by atoms with Crippen LogP contribution in [0, 0.1) is 0 Å². The fourth-order valence-electron chi connectivity index (χ4n) is 2.16. The smallest absolute Gasteiger partial charge is 0.331 e. The minimum absolute atomic E-state index is 0.295. The van der Waals surface area contributed by atoms with Crippen LogP contribution in [-0.2, 0) is 9.53 Å². The number of carbonyl (C=O) groups is 2. The zero-order chi connectivity index (χ0) is 18.9. The summed E-state index contributed by atoms with van der Waals surface area (Å²) < 4.78 is 20.4. The zero-order valence-electron chi connectivity index (χ0n) is 14.9. The van der Waals surface area contributed by atoms with Crippen molar-refractivity contribution in [3.63, 3.8) is 0 Å². The van der Waals surface area contributed by atoms with Crippen LogP contribution in [0.2, 0.25) is 0 Å².